The highest BCUT2D eigenvalue weighted by molar-refractivity contribution is 7.07. The standard InChI is InChI=1S/C7H7N3S/c1-5-2-8-3-9-7-6(5)10-4-11-7/h3-4H,2H2,1H3. The predicted molar refractivity (Wildman–Crippen MR) is 45.3 cm³/mol. The number of hydrogen-bond donors (Lipinski definition) is 0. The fourth-order valence-corrected chi connectivity index (χ4v) is 1.67. The van der Waals surface area contributed by atoms with Crippen LogP contribution in [0, 0.1) is 0 Å². The van der Waals surface area contributed by atoms with E-state index in [1.165, 1.54) is 5.57 Å². The van der Waals surface area contributed by atoms with Gasteiger partial charge in [-0.1, -0.05) is 0 Å². The first-order valence-electron chi connectivity index (χ1n) is 3.33. The molecule has 0 atom stereocenters. The van der Waals surface area contributed by atoms with Crippen molar-refractivity contribution >= 4 is 23.2 Å². The zero-order valence-corrected chi connectivity index (χ0v) is 6.93. The summed E-state index contributed by atoms with van der Waals surface area (Å²) in [5.41, 5.74) is 3.01. The minimum atomic E-state index is 0.722. The minimum Gasteiger partial charge on any atom is -0.269 e. The van der Waals surface area contributed by atoms with Crippen LogP contribution < -0.4 is 10.0 Å². The van der Waals surface area contributed by atoms with E-state index in [2.05, 4.69) is 15.0 Å². The van der Waals surface area contributed by atoms with Crippen molar-refractivity contribution in [3.63, 3.8) is 0 Å². The first-order chi connectivity index (χ1) is 5.38. The number of aromatic nitrogens is 1. The fraction of sp³-hybridized carbons (Fsp3) is 0.286. The Morgan fingerprint density at radius 2 is 2.45 bits per heavy atom. The third kappa shape index (κ3) is 1.09. The molecule has 0 saturated carbocycles. The van der Waals surface area contributed by atoms with E-state index in [0.29, 0.717) is 0 Å². The predicted octanol–water partition coefficient (Wildman–Crippen LogP) is -0.0248. The lowest BCUT2D eigenvalue weighted by molar-refractivity contribution is 1.20. The van der Waals surface area contributed by atoms with Crippen molar-refractivity contribution in [1.82, 2.24) is 4.98 Å². The molecular formula is C7H7N3S. The molecule has 0 aliphatic carbocycles. The maximum absolute atomic E-state index is 4.21. The van der Waals surface area contributed by atoms with Crippen LogP contribution in [0.4, 0.5) is 0 Å². The Labute approximate surface area is 67.8 Å². The smallest absolute Gasteiger partial charge is 0.145 e. The maximum atomic E-state index is 4.21. The monoisotopic (exact) mass is 165 g/mol. The molecule has 0 fully saturated rings. The summed E-state index contributed by atoms with van der Waals surface area (Å²) in [7, 11) is 0. The molecule has 1 aliphatic rings. The van der Waals surface area contributed by atoms with Gasteiger partial charge in [-0.25, -0.2) is 9.98 Å². The van der Waals surface area contributed by atoms with Crippen LogP contribution in [0.25, 0.3) is 5.57 Å². The van der Waals surface area contributed by atoms with Gasteiger partial charge in [-0.2, -0.15) is 0 Å². The Hall–Kier alpha value is -1.03. The summed E-state index contributed by atoms with van der Waals surface area (Å²) in [5.74, 6) is 0. The van der Waals surface area contributed by atoms with E-state index in [1.807, 2.05) is 12.4 Å². The highest BCUT2D eigenvalue weighted by Gasteiger charge is 1.97. The SMILES string of the molecule is CC1=c2ncsc2=NC=NC1. The van der Waals surface area contributed by atoms with Crippen LogP contribution in [0.3, 0.4) is 0 Å². The van der Waals surface area contributed by atoms with E-state index in [-0.39, 0.29) is 0 Å². The van der Waals surface area contributed by atoms with Crippen LogP contribution in [0.2, 0.25) is 0 Å². The van der Waals surface area contributed by atoms with Gasteiger partial charge in [0.15, 0.2) is 0 Å². The van der Waals surface area contributed by atoms with Crippen molar-refractivity contribution in [2.45, 2.75) is 6.92 Å². The first kappa shape index (κ1) is 6.67. The summed E-state index contributed by atoms with van der Waals surface area (Å²) in [4.78, 5) is 12.4. The van der Waals surface area contributed by atoms with Crippen LogP contribution in [0.15, 0.2) is 15.5 Å². The number of rotatable bonds is 0. The van der Waals surface area contributed by atoms with E-state index >= 15 is 0 Å². The van der Waals surface area contributed by atoms with Gasteiger partial charge in [0.25, 0.3) is 0 Å². The molecule has 0 unspecified atom stereocenters. The van der Waals surface area contributed by atoms with Gasteiger partial charge in [-0.05, 0) is 12.5 Å². The molecule has 56 valence electrons. The average molecular weight is 165 g/mol. The molecule has 0 spiro atoms. The third-order valence-corrected chi connectivity index (χ3v) is 2.27. The van der Waals surface area contributed by atoms with Crippen molar-refractivity contribution < 1.29 is 0 Å². The van der Waals surface area contributed by atoms with E-state index in [9.17, 15) is 0 Å². The summed E-state index contributed by atoms with van der Waals surface area (Å²) in [5, 5.41) is 1.01. The molecule has 1 aromatic rings. The lowest BCUT2D eigenvalue weighted by atomic mass is 10.3. The summed E-state index contributed by atoms with van der Waals surface area (Å²) in [6.45, 7) is 2.76. The largest absolute Gasteiger partial charge is 0.269 e. The van der Waals surface area contributed by atoms with Gasteiger partial charge < -0.3 is 0 Å². The van der Waals surface area contributed by atoms with Gasteiger partial charge in [0.2, 0.25) is 0 Å². The van der Waals surface area contributed by atoms with Crippen molar-refractivity contribution in [2.75, 3.05) is 6.54 Å². The van der Waals surface area contributed by atoms with Crippen molar-refractivity contribution in [2.24, 2.45) is 9.98 Å². The number of hydrogen-bond acceptors (Lipinski definition) is 4. The summed E-state index contributed by atoms with van der Waals surface area (Å²) < 4.78 is 0.976. The molecule has 0 saturated heterocycles. The lowest BCUT2D eigenvalue weighted by Gasteiger charge is -1.87. The van der Waals surface area contributed by atoms with Crippen molar-refractivity contribution in [3.8, 4) is 0 Å². The van der Waals surface area contributed by atoms with Crippen molar-refractivity contribution in [1.29, 1.82) is 0 Å². The van der Waals surface area contributed by atoms with E-state index in [4.69, 9.17) is 0 Å². The highest BCUT2D eigenvalue weighted by Crippen LogP contribution is 1.91. The van der Waals surface area contributed by atoms with Crippen LogP contribution >= 0.6 is 11.3 Å². The van der Waals surface area contributed by atoms with Gasteiger partial charge in [0.1, 0.15) is 16.4 Å². The normalized spacial score (nSPS) is 15.5. The van der Waals surface area contributed by atoms with Gasteiger partial charge in [-0.3, -0.25) is 4.99 Å². The van der Waals surface area contributed by atoms with Crippen LogP contribution in [0.5, 0.6) is 0 Å². The summed E-state index contributed by atoms with van der Waals surface area (Å²) >= 11 is 1.55. The van der Waals surface area contributed by atoms with Crippen LogP contribution in [0.1, 0.15) is 6.92 Å². The molecule has 2 heterocycles. The molecule has 0 N–H and O–H groups in total. The fourth-order valence-electron chi connectivity index (χ4n) is 0.970. The second-order valence-electron chi connectivity index (χ2n) is 2.37. The quantitative estimate of drug-likeness (QED) is 0.532. The van der Waals surface area contributed by atoms with E-state index < -0.39 is 0 Å². The average Bonchev–Trinajstić information content (AvgIpc) is 2.40. The molecule has 0 amide bonds. The van der Waals surface area contributed by atoms with Crippen LogP contribution in [-0.4, -0.2) is 17.9 Å². The van der Waals surface area contributed by atoms with Gasteiger partial charge >= 0.3 is 0 Å². The lowest BCUT2D eigenvalue weighted by Crippen LogP contribution is -2.23. The Balaban J connectivity index is 2.87. The Morgan fingerprint density at radius 1 is 1.55 bits per heavy atom. The molecule has 2 rings (SSSR count). The molecule has 4 heteroatoms. The summed E-state index contributed by atoms with van der Waals surface area (Å²) in [6, 6.07) is 0. The van der Waals surface area contributed by atoms with Gasteiger partial charge in [0, 0.05) is 0 Å². The van der Waals surface area contributed by atoms with E-state index in [0.717, 1.165) is 16.6 Å². The minimum absolute atomic E-state index is 0.722. The molecule has 3 nitrogen and oxygen atoms in total. The number of nitrogens with zero attached hydrogens (tertiary/aromatic N) is 3. The molecular weight excluding hydrogens is 158 g/mol. The maximum Gasteiger partial charge on any atom is 0.145 e. The van der Waals surface area contributed by atoms with Gasteiger partial charge in [0.05, 0.1) is 12.1 Å². The second kappa shape index (κ2) is 2.54. The second-order valence-corrected chi connectivity index (χ2v) is 3.20. The Bertz CT molecular complexity index is 402. The van der Waals surface area contributed by atoms with Crippen LogP contribution in [-0.2, 0) is 0 Å². The molecule has 0 radical (unpaired) electrons. The Kier molecular flexibility index (Phi) is 1.54. The van der Waals surface area contributed by atoms with E-state index in [1.54, 1.807) is 17.7 Å². The topological polar surface area (TPSA) is 37.6 Å². The molecule has 1 aromatic heterocycles. The number of fused-ring (bicyclic) bond motifs is 1. The molecule has 0 bridgehead atoms. The van der Waals surface area contributed by atoms with Gasteiger partial charge in [-0.15, -0.1) is 11.3 Å². The van der Waals surface area contributed by atoms with Crippen molar-refractivity contribution in [3.05, 3.63) is 15.5 Å². The zero-order valence-electron chi connectivity index (χ0n) is 6.11. The third-order valence-electron chi connectivity index (χ3n) is 1.54. The molecule has 0 aromatic carbocycles. The number of thiazole rings is 1. The molecule has 11 heavy (non-hydrogen) atoms. The summed E-state index contributed by atoms with van der Waals surface area (Å²) in [6.07, 6.45) is 1.60. The first-order valence-corrected chi connectivity index (χ1v) is 4.21. The molecule has 1 aliphatic heterocycles. The highest BCUT2D eigenvalue weighted by atomic mass is 32.1. The Morgan fingerprint density at radius 3 is 3.36 bits per heavy atom. The number of aliphatic imine (C=N–C) groups is 1. The zero-order chi connectivity index (χ0) is 7.68.